The molecule has 0 saturated carbocycles. The molecule has 0 radical (unpaired) electrons. The maximum atomic E-state index is 2.20. The molecule has 2 rings (SSSR count). The number of rotatable bonds is 0. The van der Waals surface area contributed by atoms with Gasteiger partial charge in [-0.05, 0) is 30.2 Å². The molecule has 0 fully saturated rings. The molecule has 0 nitrogen and oxygen atoms in total. The molecule has 0 N–H and O–H groups in total. The van der Waals surface area contributed by atoms with Crippen molar-refractivity contribution in [1.82, 2.24) is 0 Å². The molecule has 0 aliphatic carbocycles. The summed E-state index contributed by atoms with van der Waals surface area (Å²) in [7, 11) is 7.83. The molecule has 0 aliphatic rings. The summed E-state index contributed by atoms with van der Waals surface area (Å²) in [5.41, 5.74) is 7.34. The van der Waals surface area contributed by atoms with Crippen LogP contribution in [0.5, 0.6) is 0 Å². The van der Waals surface area contributed by atoms with Crippen molar-refractivity contribution in [1.29, 1.82) is 0 Å². The first kappa shape index (κ1) is 17.4. The van der Waals surface area contributed by atoms with Crippen LogP contribution in [0.25, 0.3) is 0 Å². The van der Waals surface area contributed by atoms with E-state index < -0.39 is 0 Å². The maximum absolute atomic E-state index is 2.20. The Balaban J connectivity index is 0.000000318. The van der Waals surface area contributed by atoms with Crippen molar-refractivity contribution in [2.75, 3.05) is 0 Å². The Hall–Kier alpha value is 1.37. The van der Waals surface area contributed by atoms with Gasteiger partial charge in [0, 0.05) is 17.1 Å². The van der Waals surface area contributed by atoms with E-state index in [0.29, 0.717) is 0 Å². The molecule has 0 aliphatic heterocycles. The molecule has 1 aromatic heterocycles. The van der Waals surface area contributed by atoms with Crippen LogP contribution in [0.1, 0.15) is 27.8 Å². The average molecular weight is 347 g/mol. The minimum absolute atomic E-state index is 0. The van der Waals surface area contributed by atoms with Crippen LogP contribution in [-0.2, 0) is 17.1 Å². The SMILES string of the molecule is Cc1c(C)c(C)[c-](C)c1C.[Fe].p1pp[pH]p1. The van der Waals surface area contributed by atoms with Crippen LogP contribution in [0.3, 0.4) is 0 Å². The van der Waals surface area contributed by atoms with Crippen molar-refractivity contribution >= 4 is 37.7 Å². The third-order valence-corrected chi connectivity index (χ3v) is 20.5. The zero-order chi connectivity index (χ0) is 11.4. The molecule has 1 aromatic carbocycles. The van der Waals surface area contributed by atoms with Gasteiger partial charge >= 0.3 is 0 Å². The first-order valence-corrected chi connectivity index (χ1v) is 13.2. The van der Waals surface area contributed by atoms with Gasteiger partial charge in [-0.25, -0.2) is 0 Å². The molecule has 90 valence electrons. The Labute approximate surface area is 117 Å². The molecule has 1 heterocycles. The van der Waals surface area contributed by atoms with Crippen LogP contribution < -0.4 is 0 Å². The Morgan fingerprint density at radius 3 is 1.38 bits per heavy atom. The second-order valence-corrected chi connectivity index (χ2v) is 16.1. The van der Waals surface area contributed by atoms with Crippen LogP contribution in [0.15, 0.2) is 0 Å². The summed E-state index contributed by atoms with van der Waals surface area (Å²) in [4.78, 5) is 0. The molecule has 0 saturated heterocycles. The van der Waals surface area contributed by atoms with Crippen LogP contribution in [-0.4, -0.2) is 0 Å². The predicted octanol–water partition coefficient (Wildman–Crippen LogP) is 6.98. The molecular weight excluding hydrogens is 331 g/mol. The maximum Gasteiger partial charge on any atom is 0 e. The monoisotopic (exact) mass is 347 g/mol. The van der Waals surface area contributed by atoms with Crippen molar-refractivity contribution in [2.24, 2.45) is 0 Å². The van der Waals surface area contributed by atoms with E-state index >= 15 is 0 Å². The minimum Gasteiger partial charge on any atom is -0.196 e. The van der Waals surface area contributed by atoms with Crippen LogP contribution >= 0.6 is 37.7 Å². The van der Waals surface area contributed by atoms with Crippen molar-refractivity contribution in [3.63, 3.8) is 0 Å². The van der Waals surface area contributed by atoms with E-state index in [4.69, 9.17) is 0 Å². The zero-order valence-corrected chi connectivity index (χ0v) is 15.8. The normalized spacial score (nSPS) is 11.6. The molecule has 0 bridgehead atoms. The smallest absolute Gasteiger partial charge is 0 e. The summed E-state index contributed by atoms with van der Waals surface area (Å²) in [6, 6.07) is 0. The third-order valence-electron chi connectivity index (χ3n) is 3.03. The van der Waals surface area contributed by atoms with Gasteiger partial charge in [0.1, 0.15) is 0 Å². The molecule has 16 heavy (non-hydrogen) atoms. The van der Waals surface area contributed by atoms with Crippen molar-refractivity contribution in [3.8, 4) is 0 Å². The minimum atomic E-state index is 0. The fourth-order valence-corrected chi connectivity index (χ4v) is 25.7. The standard InChI is InChI=1S/C10H15.Fe.HP5/c1-6-7(2)9(4)10(5)8(6)3;;1-2-4-5-3-1/h1-5H3;;1H/q-1;;. The first-order valence-electron chi connectivity index (χ1n) is 4.80. The van der Waals surface area contributed by atoms with Crippen molar-refractivity contribution in [2.45, 2.75) is 34.6 Å². The molecule has 6 heteroatoms. The molecular formula is C10H16FeP5-. The Bertz CT molecular complexity index is 321. The van der Waals surface area contributed by atoms with Crippen molar-refractivity contribution < 1.29 is 17.1 Å². The van der Waals surface area contributed by atoms with E-state index in [1.54, 1.807) is 30.2 Å². The van der Waals surface area contributed by atoms with E-state index in [9.17, 15) is 0 Å². The summed E-state index contributed by atoms with van der Waals surface area (Å²) in [6.07, 6.45) is 0. The number of hydrogen-bond acceptors (Lipinski definition) is 0. The third kappa shape index (κ3) is 4.56. The van der Waals surface area contributed by atoms with E-state index in [1.165, 1.54) is 35.4 Å². The second kappa shape index (κ2) is 8.47. The van der Waals surface area contributed by atoms with Gasteiger partial charge in [0.15, 0.2) is 0 Å². The Morgan fingerprint density at radius 1 is 0.875 bits per heavy atom. The summed E-state index contributed by atoms with van der Waals surface area (Å²) < 4.78 is 0. The topological polar surface area (TPSA) is 0 Å². The van der Waals surface area contributed by atoms with Gasteiger partial charge in [-0.15, -0.1) is 0 Å². The summed E-state index contributed by atoms with van der Waals surface area (Å²) in [6.45, 7) is 11.0. The molecule has 0 atom stereocenters. The fraction of sp³-hybridized carbons (Fsp3) is 0.500. The van der Waals surface area contributed by atoms with Crippen LogP contribution in [0.2, 0.25) is 0 Å². The Morgan fingerprint density at radius 2 is 1.25 bits per heavy atom. The van der Waals surface area contributed by atoms with E-state index in [-0.39, 0.29) is 17.1 Å². The first-order chi connectivity index (χ1) is 7.05. The van der Waals surface area contributed by atoms with E-state index in [2.05, 4.69) is 34.6 Å². The van der Waals surface area contributed by atoms with Gasteiger partial charge in [-0.2, -0.15) is 27.8 Å². The quantitative estimate of drug-likeness (QED) is 0.356. The van der Waals surface area contributed by atoms with E-state index in [1.807, 2.05) is 0 Å². The zero-order valence-electron chi connectivity index (χ0n) is 10.1. The van der Waals surface area contributed by atoms with Gasteiger partial charge in [0.05, 0.1) is 0 Å². The average Bonchev–Trinajstić information content (AvgIpc) is 2.86. The molecule has 2 aromatic rings. The molecule has 0 amide bonds. The predicted molar refractivity (Wildman–Crippen MR) is 81.7 cm³/mol. The van der Waals surface area contributed by atoms with Crippen molar-refractivity contribution in [3.05, 3.63) is 27.8 Å². The largest absolute Gasteiger partial charge is 0.196 e. The molecule has 0 spiro atoms. The summed E-state index contributed by atoms with van der Waals surface area (Å²) in [5, 5.41) is 0. The second-order valence-electron chi connectivity index (χ2n) is 3.60. The van der Waals surface area contributed by atoms with E-state index in [0.717, 1.165) is 0 Å². The summed E-state index contributed by atoms with van der Waals surface area (Å²) in [5.74, 6) is 0. The summed E-state index contributed by atoms with van der Waals surface area (Å²) >= 11 is 0. The fourth-order valence-electron chi connectivity index (χ4n) is 1.51. The van der Waals surface area contributed by atoms with Gasteiger partial charge in [-0.1, -0.05) is 42.2 Å². The van der Waals surface area contributed by atoms with Gasteiger partial charge < -0.3 is 0 Å². The van der Waals surface area contributed by atoms with Gasteiger partial charge in [-0.3, -0.25) is 0 Å². The van der Waals surface area contributed by atoms with Gasteiger partial charge in [0.25, 0.3) is 0 Å². The number of hydrogen-bond donors (Lipinski definition) is 0. The van der Waals surface area contributed by atoms with Crippen LogP contribution in [0, 0.1) is 34.6 Å². The van der Waals surface area contributed by atoms with Gasteiger partial charge in [0.2, 0.25) is 0 Å². The van der Waals surface area contributed by atoms with Crippen LogP contribution in [0.4, 0.5) is 0 Å². The molecule has 0 unspecified atom stereocenters. The Kier molecular flexibility index (Phi) is 9.19.